The van der Waals surface area contributed by atoms with Crippen LogP contribution in [0.25, 0.3) is 0 Å². The molecule has 0 radical (unpaired) electrons. The van der Waals surface area contributed by atoms with Gasteiger partial charge in [0.15, 0.2) is 0 Å². The van der Waals surface area contributed by atoms with E-state index in [1.807, 2.05) is 5.32 Å². The summed E-state index contributed by atoms with van der Waals surface area (Å²) in [6.45, 7) is 11.2. The number of carbonyl (C=O) groups is 8. The highest BCUT2D eigenvalue weighted by molar-refractivity contribution is 5.84. The standard InChI is InChI=1S/C29H52N8O12/c1-26(2,3)47-23(44)31-11-19(39)35-15-29(14-34-18(38)10-30-22(42)43,16-36-20(40)12-32-24(45)48-27(4,5)6)17-37-21(41)13-33-25(46)49-28(7,8)9/h30H,10-17H2,1-9H3,(H,31,44)(H,32,45)(H,33,46)(H,34,38)(H,35,39)(H,36,40)(H,37,41)(H,42,43). The van der Waals surface area contributed by atoms with E-state index in [9.17, 15) is 38.4 Å². The minimum Gasteiger partial charge on any atom is -0.465 e. The Morgan fingerprint density at radius 2 is 0.633 bits per heavy atom. The number of nitrogens with one attached hydrogen (secondary N) is 8. The van der Waals surface area contributed by atoms with E-state index in [1.54, 1.807) is 62.3 Å². The summed E-state index contributed by atoms with van der Waals surface area (Å²) >= 11 is 0. The van der Waals surface area contributed by atoms with Gasteiger partial charge in [0.25, 0.3) is 0 Å². The second-order valence-corrected chi connectivity index (χ2v) is 13.8. The third kappa shape index (κ3) is 24.8. The quantitative estimate of drug-likeness (QED) is 0.0901. The number of rotatable bonds is 16. The Morgan fingerprint density at radius 1 is 0.408 bits per heavy atom. The molecular weight excluding hydrogens is 652 g/mol. The zero-order valence-electron chi connectivity index (χ0n) is 29.6. The maximum Gasteiger partial charge on any atom is 0.408 e. The summed E-state index contributed by atoms with van der Waals surface area (Å²) in [5, 5.41) is 27.8. The summed E-state index contributed by atoms with van der Waals surface area (Å²) in [5.74, 6) is -2.89. The second-order valence-electron chi connectivity index (χ2n) is 13.8. The van der Waals surface area contributed by atoms with Crippen LogP contribution in [0.15, 0.2) is 0 Å². The van der Waals surface area contributed by atoms with Crippen LogP contribution in [0.2, 0.25) is 0 Å². The first-order chi connectivity index (χ1) is 22.3. The molecule has 0 aliphatic heterocycles. The molecule has 0 aromatic carbocycles. The molecule has 0 heterocycles. The largest absolute Gasteiger partial charge is 0.465 e. The molecule has 0 aromatic heterocycles. The van der Waals surface area contributed by atoms with Crippen LogP contribution in [0.1, 0.15) is 62.3 Å². The van der Waals surface area contributed by atoms with Crippen molar-refractivity contribution in [3.63, 3.8) is 0 Å². The molecule has 0 unspecified atom stereocenters. The Bertz CT molecular complexity index is 1070. The van der Waals surface area contributed by atoms with Crippen LogP contribution in [0, 0.1) is 5.41 Å². The van der Waals surface area contributed by atoms with Crippen molar-refractivity contribution in [1.82, 2.24) is 42.5 Å². The maximum absolute atomic E-state index is 12.7. The molecule has 0 bridgehead atoms. The topological polar surface area (TPSA) is 281 Å². The van der Waals surface area contributed by atoms with Gasteiger partial charge in [0, 0.05) is 31.6 Å². The van der Waals surface area contributed by atoms with Gasteiger partial charge in [0.05, 0.1) is 26.2 Å². The molecule has 0 saturated carbocycles. The first-order valence-corrected chi connectivity index (χ1v) is 15.2. The number of amides is 8. The zero-order chi connectivity index (χ0) is 38.1. The van der Waals surface area contributed by atoms with Crippen LogP contribution in [0.4, 0.5) is 19.2 Å². The van der Waals surface area contributed by atoms with Gasteiger partial charge in [-0.1, -0.05) is 0 Å². The van der Waals surface area contributed by atoms with E-state index in [4.69, 9.17) is 19.3 Å². The van der Waals surface area contributed by atoms with Gasteiger partial charge in [-0.2, -0.15) is 0 Å². The van der Waals surface area contributed by atoms with Crippen molar-refractivity contribution >= 4 is 48.0 Å². The fraction of sp³-hybridized carbons (Fsp3) is 0.724. The molecule has 20 nitrogen and oxygen atoms in total. The van der Waals surface area contributed by atoms with Gasteiger partial charge in [-0.25, -0.2) is 19.2 Å². The predicted octanol–water partition coefficient (Wildman–Crippen LogP) is -0.721. The molecule has 0 spiro atoms. The van der Waals surface area contributed by atoms with E-state index in [1.165, 1.54) is 0 Å². The van der Waals surface area contributed by atoms with Gasteiger partial charge >= 0.3 is 24.4 Å². The van der Waals surface area contributed by atoms with Crippen molar-refractivity contribution in [3.8, 4) is 0 Å². The normalized spacial score (nSPS) is 11.5. The van der Waals surface area contributed by atoms with Crippen LogP contribution in [-0.2, 0) is 33.4 Å². The molecule has 9 N–H and O–H groups in total. The number of carboxylic acid groups (broad SMARTS) is 1. The lowest BCUT2D eigenvalue weighted by atomic mass is 9.86. The fourth-order valence-electron chi connectivity index (χ4n) is 3.33. The average Bonchev–Trinajstić information content (AvgIpc) is 2.93. The summed E-state index contributed by atoms with van der Waals surface area (Å²) in [6, 6.07) is 0. The number of alkyl carbamates (subject to hydrolysis) is 3. The van der Waals surface area contributed by atoms with E-state index in [-0.39, 0.29) is 26.2 Å². The van der Waals surface area contributed by atoms with E-state index in [0.29, 0.717) is 0 Å². The molecule has 0 saturated heterocycles. The SMILES string of the molecule is CC(C)(C)OC(=O)NCC(=O)NCC(CNC(=O)CNC(=O)O)(CNC(=O)CNC(=O)OC(C)(C)C)CNC(=O)CNC(=O)OC(C)(C)C. The molecule has 0 fully saturated rings. The highest BCUT2D eigenvalue weighted by Gasteiger charge is 2.33. The van der Waals surface area contributed by atoms with Crippen LogP contribution >= 0.6 is 0 Å². The lowest BCUT2D eigenvalue weighted by molar-refractivity contribution is -0.121. The van der Waals surface area contributed by atoms with E-state index in [0.717, 1.165) is 0 Å². The minimum atomic E-state index is -1.46. The summed E-state index contributed by atoms with van der Waals surface area (Å²) in [6.07, 6.45) is -4.04. The van der Waals surface area contributed by atoms with Crippen LogP contribution in [0.5, 0.6) is 0 Å². The highest BCUT2D eigenvalue weighted by Crippen LogP contribution is 2.14. The smallest absolute Gasteiger partial charge is 0.408 e. The van der Waals surface area contributed by atoms with E-state index >= 15 is 0 Å². The van der Waals surface area contributed by atoms with Crippen molar-refractivity contribution in [2.75, 3.05) is 52.4 Å². The summed E-state index contributed by atoms with van der Waals surface area (Å²) in [7, 11) is 0. The Balaban J connectivity index is 5.94. The maximum atomic E-state index is 12.7. The third-order valence-electron chi connectivity index (χ3n) is 5.42. The number of hydrogen-bond acceptors (Lipinski definition) is 11. The summed E-state index contributed by atoms with van der Waals surface area (Å²) in [4.78, 5) is 97.3. The zero-order valence-corrected chi connectivity index (χ0v) is 29.6. The number of hydrogen-bond donors (Lipinski definition) is 9. The number of ether oxygens (including phenoxy) is 3. The molecule has 0 atom stereocenters. The lowest BCUT2D eigenvalue weighted by Gasteiger charge is -2.35. The van der Waals surface area contributed by atoms with Gasteiger partial charge in [-0.05, 0) is 62.3 Å². The fourth-order valence-corrected chi connectivity index (χ4v) is 3.33. The van der Waals surface area contributed by atoms with Crippen molar-refractivity contribution < 1.29 is 57.7 Å². The number of carbonyl (C=O) groups excluding carboxylic acids is 7. The average molecular weight is 705 g/mol. The molecular formula is C29H52N8O12. The van der Waals surface area contributed by atoms with Gasteiger partial charge < -0.3 is 61.9 Å². The Kier molecular flexibility index (Phi) is 17.7. The van der Waals surface area contributed by atoms with Gasteiger partial charge in [-0.15, -0.1) is 0 Å². The third-order valence-corrected chi connectivity index (χ3v) is 5.42. The first kappa shape index (κ1) is 44.0. The summed E-state index contributed by atoms with van der Waals surface area (Å²) < 4.78 is 15.3. The second kappa shape index (κ2) is 19.7. The van der Waals surface area contributed by atoms with Crippen molar-refractivity contribution in [2.24, 2.45) is 5.41 Å². The molecule has 0 aliphatic carbocycles. The molecule has 0 rings (SSSR count). The predicted molar refractivity (Wildman–Crippen MR) is 173 cm³/mol. The lowest BCUT2D eigenvalue weighted by Crippen LogP contribution is -2.58. The minimum absolute atomic E-state index is 0.325. The van der Waals surface area contributed by atoms with Crippen molar-refractivity contribution in [2.45, 2.75) is 79.1 Å². The molecule has 49 heavy (non-hydrogen) atoms. The van der Waals surface area contributed by atoms with Crippen LogP contribution in [-0.4, -0.2) is 122 Å². The Hall–Kier alpha value is -5.04. The Labute approximate surface area is 285 Å². The molecule has 280 valence electrons. The van der Waals surface area contributed by atoms with Gasteiger partial charge in [-0.3, -0.25) is 19.2 Å². The van der Waals surface area contributed by atoms with Gasteiger partial charge in [0.1, 0.15) is 16.8 Å². The van der Waals surface area contributed by atoms with Crippen LogP contribution < -0.4 is 42.5 Å². The monoisotopic (exact) mass is 704 g/mol. The van der Waals surface area contributed by atoms with Crippen molar-refractivity contribution in [3.05, 3.63) is 0 Å². The molecule has 0 aliphatic rings. The molecule has 8 amide bonds. The molecule has 0 aromatic rings. The highest BCUT2D eigenvalue weighted by atomic mass is 16.6. The molecule has 20 heteroatoms. The van der Waals surface area contributed by atoms with Gasteiger partial charge in [0.2, 0.25) is 23.6 Å². The first-order valence-electron chi connectivity index (χ1n) is 15.2. The summed E-state index contributed by atoms with van der Waals surface area (Å²) in [5.41, 5.74) is -3.87. The Morgan fingerprint density at radius 3 is 0.837 bits per heavy atom. The van der Waals surface area contributed by atoms with E-state index in [2.05, 4.69) is 37.2 Å². The van der Waals surface area contributed by atoms with Crippen molar-refractivity contribution in [1.29, 1.82) is 0 Å². The van der Waals surface area contributed by atoms with E-state index < -0.39 is 96.4 Å². The van der Waals surface area contributed by atoms with Crippen LogP contribution in [0.3, 0.4) is 0 Å².